The van der Waals surface area contributed by atoms with Gasteiger partial charge >= 0.3 is 0 Å². The van der Waals surface area contributed by atoms with Gasteiger partial charge in [0.2, 0.25) is 5.96 Å². The van der Waals surface area contributed by atoms with E-state index >= 15 is 0 Å². The van der Waals surface area contributed by atoms with E-state index in [0.717, 1.165) is 5.69 Å². The second-order valence-electron chi connectivity index (χ2n) is 5.76. The van der Waals surface area contributed by atoms with E-state index in [4.69, 9.17) is 9.47 Å². The minimum Gasteiger partial charge on any atom is -0.493 e. The molecular weight excluding hydrogens is 370 g/mol. The molecule has 3 rings (SSSR count). The third kappa shape index (κ3) is 4.66. The number of sulfonamides is 1. The quantitative estimate of drug-likeness (QED) is 0.749. The van der Waals surface area contributed by atoms with Crippen molar-refractivity contribution in [1.29, 1.82) is 0 Å². The molecule has 9 nitrogen and oxygen atoms in total. The Hall–Kier alpha value is -2.85. The Morgan fingerprint density at radius 2 is 2.00 bits per heavy atom. The minimum absolute atomic E-state index is 0.0561. The fourth-order valence-corrected chi connectivity index (χ4v) is 3.55. The molecule has 1 aromatic carbocycles. The van der Waals surface area contributed by atoms with Crippen LogP contribution >= 0.6 is 0 Å². The molecule has 0 saturated carbocycles. The molecular formula is C17H21N5O4S. The number of nitrogens with one attached hydrogen (secondary N) is 2. The van der Waals surface area contributed by atoms with Crippen molar-refractivity contribution in [1.82, 2.24) is 19.9 Å². The number of guanidine groups is 1. The van der Waals surface area contributed by atoms with Crippen molar-refractivity contribution < 1.29 is 17.9 Å². The fraction of sp³-hybridized carbons (Fsp3) is 0.294. The van der Waals surface area contributed by atoms with Crippen LogP contribution in [0.4, 0.5) is 0 Å². The Morgan fingerprint density at radius 3 is 2.63 bits per heavy atom. The van der Waals surface area contributed by atoms with Crippen molar-refractivity contribution in [3.63, 3.8) is 0 Å². The van der Waals surface area contributed by atoms with E-state index in [1.54, 1.807) is 6.20 Å². The number of nitrogens with zero attached hydrogens (tertiary/aromatic N) is 3. The molecule has 0 radical (unpaired) electrons. The summed E-state index contributed by atoms with van der Waals surface area (Å²) in [4.78, 5) is 10.6. The average Bonchev–Trinajstić information content (AvgIpc) is 2.69. The second-order valence-corrected chi connectivity index (χ2v) is 7.44. The van der Waals surface area contributed by atoms with Gasteiger partial charge in [-0.05, 0) is 24.3 Å². The summed E-state index contributed by atoms with van der Waals surface area (Å²) < 4.78 is 37.9. The van der Waals surface area contributed by atoms with Crippen molar-refractivity contribution in [2.75, 3.05) is 27.6 Å². The number of pyridine rings is 1. The highest BCUT2D eigenvalue weighted by atomic mass is 32.2. The van der Waals surface area contributed by atoms with Crippen LogP contribution in [0, 0.1) is 0 Å². The molecule has 1 aromatic heterocycles. The molecule has 0 amide bonds. The van der Waals surface area contributed by atoms with Gasteiger partial charge in [0, 0.05) is 18.8 Å². The van der Waals surface area contributed by atoms with Gasteiger partial charge in [0.15, 0.2) is 11.5 Å². The third-order valence-corrected chi connectivity index (χ3v) is 5.24. The summed E-state index contributed by atoms with van der Waals surface area (Å²) in [6, 6.07) is 10.1. The van der Waals surface area contributed by atoms with Crippen LogP contribution in [0.1, 0.15) is 5.69 Å². The van der Waals surface area contributed by atoms with E-state index in [1.807, 2.05) is 23.1 Å². The fourth-order valence-electron chi connectivity index (χ4n) is 2.53. The van der Waals surface area contributed by atoms with Gasteiger partial charge in [-0.1, -0.05) is 6.07 Å². The number of methoxy groups -OCH3 is 2. The molecule has 1 aliphatic heterocycles. The minimum atomic E-state index is -3.80. The topological polar surface area (TPSA) is 105 Å². The Kier molecular flexibility index (Phi) is 5.77. The molecule has 0 fully saturated rings. The molecule has 27 heavy (non-hydrogen) atoms. The average molecular weight is 391 g/mol. The molecule has 2 N–H and O–H groups in total. The zero-order chi connectivity index (χ0) is 19.3. The highest BCUT2D eigenvalue weighted by Crippen LogP contribution is 2.29. The molecule has 0 unspecified atom stereocenters. The van der Waals surface area contributed by atoms with Gasteiger partial charge in [-0.2, -0.15) is 0 Å². The Bertz CT molecular complexity index is 918. The van der Waals surface area contributed by atoms with Crippen molar-refractivity contribution in [2.45, 2.75) is 11.4 Å². The maximum absolute atomic E-state index is 12.6. The SMILES string of the molecule is COc1ccc(S(=O)(=O)NC2=NCN(Cc3ccccn3)CN2)cc1OC. The van der Waals surface area contributed by atoms with Gasteiger partial charge in [0.05, 0.1) is 38.1 Å². The monoisotopic (exact) mass is 391 g/mol. The van der Waals surface area contributed by atoms with Crippen LogP contribution in [-0.4, -0.2) is 51.8 Å². The van der Waals surface area contributed by atoms with Crippen LogP contribution in [0.5, 0.6) is 11.5 Å². The standard InChI is InChI=1S/C17H21N5O4S/c1-25-15-7-6-14(9-16(15)26-2)27(23,24)21-17-19-11-22(12-20-17)10-13-5-3-4-8-18-13/h3-9H,10-12H2,1-2H3,(H2,19,20,21). The van der Waals surface area contributed by atoms with Crippen LogP contribution in [0.3, 0.4) is 0 Å². The molecule has 0 aliphatic carbocycles. The molecule has 0 spiro atoms. The maximum atomic E-state index is 12.6. The summed E-state index contributed by atoms with van der Waals surface area (Å²) >= 11 is 0. The molecule has 2 aromatic rings. The van der Waals surface area contributed by atoms with Gasteiger partial charge in [-0.3, -0.25) is 9.88 Å². The van der Waals surface area contributed by atoms with Crippen LogP contribution < -0.4 is 19.5 Å². The van der Waals surface area contributed by atoms with Gasteiger partial charge in [-0.25, -0.2) is 18.1 Å². The van der Waals surface area contributed by atoms with Gasteiger partial charge in [0.25, 0.3) is 10.0 Å². The van der Waals surface area contributed by atoms with E-state index in [-0.39, 0.29) is 10.9 Å². The van der Waals surface area contributed by atoms with Gasteiger partial charge in [0.1, 0.15) is 0 Å². The van der Waals surface area contributed by atoms with E-state index in [9.17, 15) is 8.42 Å². The summed E-state index contributed by atoms with van der Waals surface area (Å²) in [5.41, 5.74) is 0.920. The first-order valence-corrected chi connectivity index (χ1v) is 9.65. The first-order valence-electron chi connectivity index (χ1n) is 8.17. The van der Waals surface area contributed by atoms with Gasteiger partial charge < -0.3 is 14.8 Å². The number of hydrogen-bond donors (Lipinski definition) is 2. The zero-order valence-corrected chi connectivity index (χ0v) is 15.9. The largest absolute Gasteiger partial charge is 0.493 e. The van der Waals surface area contributed by atoms with E-state index < -0.39 is 10.0 Å². The van der Waals surface area contributed by atoms with Crippen LogP contribution in [-0.2, 0) is 16.6 Å². The molecule has 0 saturated heterocycles. The number of aromatic nitrogens is 1. The van der Waals surface area contributed by atoms with Crippen molar-refractivity contribution >= 4 is 16.0 Å². The van der Waals surface area contributed by atoms with Crippen molar-refractivity contribution in [3.8, 4) is 11.5 Å². The summed E-state index contributed by atoms with van der Waals surface area (Å²) in [5.74, 6) is 0.984. The number of ether oxygens (including phenoxy) is 2. The lowest BCUT2D eigenvalue weighted by molar-refractivity contribution is 0.252. The maximum Gasteiger partial charge on any atom is 0.264 e. The number of aliphatic imine (C=N–C) groups is 1. The summed E-state index contributed by atoms with van der Waals surface area (Å²) in [7, 11) is -0.867. The first kappa shape index (κ1) is 18.9. The number of rotatable bonds is 6. The zero-order valence-electron chi connectivity index (χ0n) is 15.0. The molecule has 1 aliphatic rings. The van der Waals surface area contributed by atoms with Gasteiger partial charge in [-0.15, -0.1) is 0 Å². The Labute approximate surface area is 158 Å². The molecule has 10 heteroatoms. The lowest BCUT2D eigenvalue weighted by Gasteiger charge is -2.26. The summed E-state index contributed by atoms with van der Waals surface area (Å²) in [6.45, 7) is 1.42. The summed E-state index contributed by atoms with van der Waals surface area (Å²) in [6.07, 6.45) is 1.73. The predicted molar refractivity (Wildman–Crippen MR) is 100.0 cm³/mol. The Morgan fingerprint density at radius 1 is 1.19 bits per heavy atom. The molecule has 144 valence electrons. The van der Waals surface area contributed by atoms with Crippen LogP contribution in [0.25, 0.3) is 0 Å². The van der Waals surface area contributed by atoms with E-state index in [1.165, 1.54) is 32.4 Å². The van der Waals surface area contributed by atoms with Crippen LogP contribution in [0.2, 0.25) is 0 Å². The smallest absolute Gasteiger partial charge is 0.264 e. The van der Waals surface area contributed by atoms with Crippen LogP contribution in [0.15, 0.2) is 52.5 Å². The first-order chi connectivity index (χ1) is 13.0. The lowest BCUT2D eigenvalue weighted by Crippen LogP contribution is -2.49. The number of benzene rings is 1. The third-order valence-electron chi connectivity index (χ3n) is 3.91. The molecule has 0 bridgehead atoms. The number of hydrogen-bond acceptors (Lipinski definition) is 8. The highest BCUT2D eigenvalue weighted by molar-refractivity contribution is 7.90. The molecule has 0 atom stereocenters. The lowest BCUT2D eigenvalue weighted by atomic mass is 10.3. The molecule has 2 heterocycles. The van der Waals surface area contributed by atoms with E-state index in [2.05, 4.69) is 20.0 Å². The second kappa shape index (κ2) is 8.23. The van der Waals surface area contributed by atoms with Crippen molar-refractivity contribution in [2.24, 2.45) is 4.99 Å². The summed E-state index contributed by atoms with van der Waals surface area (Å²) in [5, 5.41) is 2.97. The van der Waals surface area contributed by atoms with Crippen molar-refractivity contribution in [3.05, 3.63) is 48.3 Å². The highest BCUT2D eigenvalue weighted by Gasteiger charge is 2.21. The normalized spacial score (nSPS) is 14.8. The predicted octanol–water partition coefficient (Wildman–Crippen LogP) is 0.754. The van der Waals surface area contributed by atoms with E-state index in [0.29, 0.717) is 31.4 Å². The Balaban J connectivity index is 1.66.